The van der Waals surface area contributed by atoms with Crippen molar-refractivity contribution in [2.75, 3.05) is 13.1 Å². The van der Waals surface area contributed by atoms with Crippen LogP contribution in [0.3, 0.4) is 0 Å². The fourth-order valence-corrected chi connectivity index (χ4v) is 4.78. The maximum absolute atomic E-state index is 12.5. The minimum Gasteiger partial charge on any atom is -0.479 e. The Morgan fingerprint density at radius 2 is 1.91 bits per heavy atom. The summed E-state index contributed by atoms with van der Waals surface area (Å²) >= 11 is 0. The highest BCUT2D eigenvalue weighted by Gasteiger charge is 2.39. The molecule has 1 aromatic rings. The van der Waals surface area contributed by atoms with Gasteiger partial charge >= 0.3 is 5.97 Å². The van der Waals surface area contributed by atoms with Crippen LogP contribution in [0.1, 0.15) is 31.4 Å². The standard InChI is InChI=1S/C15H21NO6S/c1-10-2-5-14(21-10)23(19,20)16-8-6-11(7-9-16)12-3-4-13(22-12)15(17)18/h2,5,11-13H,3-4,6-9H2,1H3,(H,17,18)/t12-,13+/m0/s1. The van der Waals surface area contributed by atoms with E-state index in [-0.39, 0.29) is 17.1 Å². The summed E-state index contributed by atoms with van der Waals surface area (Å²) in [6, 6.07) is 3.12. The van der Waals surface area contributed by atoms with Gasteiger partial charge in [0.05, 0.1) is 6.10 Å². The fraction of sp³-hybridized carbons (Fsp3) is 0.667. The molecule has 0 aliphatic carbocycles. The van der Waals surface area contributed by atoms with Crippen molar-refractivity contribution in [1.82, 2.24) is 4.31 Å². The molecule has 128 valence electrons. The number of furan rings is 1. The first-order valence-electron chi connectivity index (χ1n) is 7.83. The number of carbonyl (C=O) groups is 1. The Kier molecular flexibility index (Phi) is 4.48. The highest BCUT2D eigenvalue weighted by molar-refractivity contribution is 7.89. The normalized spacial score (nSPS) is 27.3. The van der Waals surface area contributed by atoms with Gasteiger partial charge in [0.15, 0.2) is 6.10 Å². The molecule has 0 spiro atoms. The number of aryl methyl sites for hydroxylation is 1. The van der Waals surface area contributed by atoms with Crippen LogP contribution in [0, 0.1) is 12.8 Å². The minimum atomic E-state index is -3.58. The van der Waals surface area contributed by atoms with Crippen molar-refractivity contribution in [3.05, 3.63) is 17.9 Å². The minimum absolute atomic E-state index is 0.0171. The lowest BCUT2D eigenvalue weighted by atomic mass is 9.90. The molecule has 8 heteroatoms. The van der Waals surface area contributed by atoms with Crippen LogP contribution < -0.4 is 0 Å². The Labute approximate surface area is 135 Å². The van der Waals surface area contributed by atoms with Gasteiger partial charge in [-0.1, -0.05) is 0 Å². The third-order valence-electron chi connectivity index (χ3n) is 4.66. The Balaban J connectivity index is 1.60. The third kappa shape index (κ3) is 3.29. The van der Waals surface area contributed by atoms with Gasteiger partial charge < -0.3 is 14.3 Å². The molecule has 3 heterocycles. The van der Waals surface area contributed by atoms with Crippen LogP contribution in [-0.4, -0.2) is 49.1 Å². The fourth-order valence-electron chi connectivity index (χ4n) is 3.36. The molecule has 0 aromatic carbocycles. The average molecular weight is 343 g/mol. The summed E-state index contributed by atoms with van der Waals surface area (Å²) in [5.74, 6) is -0.137. The van der Waals surface area contributed by atoms with Gasteiger partial charge in [-0.15, -0.1) is 0 Å². The van der Waals surface area contributed by atoms with E-state index in [1.54, 1.807) is 13.0 Å². The van der Waals surface area contributed by atoms with Gasteiger partial charge in [-0.05, 0) is 50.7 Å². The van der Waals surface area contributed by atoms with Crippen LogP contribution >= 0.6 is 0 Å². The van der Waals surface area contributed by atoms with Crippen molar-refractivity contribution in [1.29, 1.82) is 0 Å². The molecule has 2 aliphatic heterocycles. The molecule has 2 fully saturated rings. The molecule has 0 unspecified atom stereocenters. The molecule has 2 saturated heterocycles. The number of piperidine rings is 1. The molecule has 0 saturated carbocycles. The van der Waals surface area contributed by atoms with Gasteiger partial charge in [0.25, 0.3) is 10.0 Å². The monoisotopic (exact) mass is 343 g/mol. The van der Waals surface area contributed by atoms with Crippen molar-refractivity contribution in [2.24, 2.45) is 5.92 Å². The van der Waals surface area contributed by atoms with E-state index >= 15 is 0 Å². The summed E-state index contributed by atoms with van der Waals surface area (Å²) in [6.45, 7) is 2.52. The maximum Gasteiger partial charge on any atom is 0.332 e. The highest BCUT2D eigenvalue weighted by Crippen LogP contribution is 2.33. The number of nitrogens with zero attached hydrogens (tertiary/aromatic N) is 1. The molecule has 1 aromatic heterocycles. The predicted molar refractivity (Wildman–Crippen MR) is 80.5 cm³/mol. The summed E-state index contributed by atoms with van der Waals surface area (Å²) < 4.78 is 37.3. The van der Waals surface area contributed by atoms with Gasteiger partial charge in [-0.2, -0.15) is 4.31 Å². The zero-order chi connectivity index (χ0) is 16.6. The van der Waals surface area contributed by atoms with Crippen molar-refractivity contribution >= 4 is 16.0 Å². The summed E-state index contributed by atoms with van der Waals surface area (Å²) in [5, 5.41) is 8.97. The third-order valence-corrected chi connectivity index (χ3v) is 6.43. The Morgan fingerprint density at radius 3 is 2.43 bits per heavy atom. The second-order valence-electron chi connectivity index (χ2n) is 6.19. The molecule has 2 aliphatic rings. The zero-order valence-corrected chi connectivity index (χ0v) is 13.8. The van der Waals surface area contributed by atoms with E-state index in [4.69, 9.17) is 14.3 Å². The summed E-state index contributed by atoms with van der Waals surface area (Å²) in [6.07, 6.45) is 1.82. The lowest BCUT2D eigenvalue weighted by Gasteiger charge is -2.33. The van der Waals surface area contributed by atoms with Crippen molar-refractivity contribution in [3.63, 3.8) is 0 Å². The second kappa shape index (κ2) is 6.26. The maximum atomic E-state index is 12.5. The summed E-state index contributed by atoms with van der Waals surface area (Å²) in [5.41, 5.74) is 0. The van der Waals surface area contributed by atoms with E-state index in [0.717, 1.165) is 6.42 Å². The molecule has 2 atom stereocenters. The number of aliphatic carboxylic acids is 1. The average Bonchev–Trinajstić information content (AvgIpc) is 3.16. The molecule has 0 amide bonds. The first-order chi connectivity index (χ1) is 10.9. The Morgan fingerprint density at radius 1 is 1.22 bits per heavy atom. The molecule has 0 radical (unpaired) electrons. The summed E-state index contributed by atoms with van der Waals surface area (Å²) in [7, 11) is -3.58. The number of sulfonamides is 1. The van der Waals surface area contributed by atoms with Crippen LogP contribution in [0.5, 0.6) is 0 Å². The van der Waals surface area contributed by atoms with Crippen molar-refractivity contribution in [2.45, 2.75) is 49.9 Å². The number of ether oxygens (including phenoxy) is 1. The van der Waals surface area contributed by atoms with E-state index in [9.17, 15) is 13.2 Å². The van der Waals surface area contributed by atoms with Crippen LogP contribution in [0.4, 0.5) is 0 Å². The van der Waals surface area contributed by atoms with Gasteiger partial charge in [-0.3, -0.25) is 0 Å². The van der Waals surface area contributed by atoms with Gasteiger partial charge in [0, 0.05) is 13.1 Å². The van der Waals surface area contributed by atoms with Gasteiger partial charge in [0.1, 0.15) is 5.76 Å². The van der Waals surface area contributed by atoms with Crippen molar-refractivity contribution < 1.29 is 27.5 Å². The van der Waals surface area contributed by atoms with Crippen LogP contribution in [0.25, 0.3) is 0 Å². The van der Waals surface area contributed by atoms with E-state index in [0.29, 0.717) is 38.1 Å². The largest absolute Gasteiger partial charge is 0.479 e. The molecule has 1 N–H and O–H groups in total. The van der Waals surface area contributed by atoms with Crippen molar-refractivity contribution in [3.8, 4) is 0 Å². The smallest absolute Gasteiger partial charge is 0.332 e. The van der Waals surface area contributed by atoms with E-state index in [1.807, 2.05) is 0 Å². The van der Waals surface area contributed by atoms with Gasteiger partial charge in [-0.25, -0.2) is 13.2 Å². The molecule has 3 rings (SSSR count). The molecule has 7 nitrogen and oxygen atoms in total. The number of carboxylic acid groups (broad SMARTS) is 1. The first-order valence-corrected chi connectivity index (χ1v) is 9.27. The highest BCUT2D eigenvalue weighted by atomic mass is 32.2. The molecule has 23 heavy (non-hydrogen) atoms. The van der Waals surface area contributed by atoms with Crippen LogP contribution in [0.2, 0.25) is 0 Å². The number of carboxylic acids is 1. The van der Waals surface area contributed by atoms with E-state index in [1.165, 1.54) is 10.4 Å². The molecular weight excluding hydrogens is 322 g/mol. The molecule has 0 bridgehead atoms. The number of hydrogen-bond acceptors (Lipinski definition) is 5. The quantitative estimate of drug-likeness (QED) is 0.892. The Hall–Kier alpha value is -1.38. The topological polar surface area (TPSA) is 97.1 Å². The number of rotatable bonds is 4. The molecular formula is C15H21NO6S. The van der Waals surface area contributed by atoms with Gasteiger partial charge in [0.2, 0.25) is 5.09 Å². The zero-order valence-electron chi connectivity index (χ0n) is 13.0. The SMILES string of the molecule is Cc1ccc(S(=O)(=O)N2CCC([C@@H]3CC[C@H](C(=O)O)O3)CC2)o1. The van der Waals surface area contributed by atoms with E-state index in [2.05, 4.69) is 0 Å². The van der Waals surface area contributed by atoms with Crippen LogP contribution in [0.15, 0.2) is 21.6 Å². The van der Waals surface area contributed by atoms with E-state index < -0.39 is 22.1 Å². The lowest BCUT2D eigenvalue weighted by Crippen LogP contribution is -2.41. The van der Waals surface area contributed by atoms with Crippen LogP contribution in [-0.2, 0) is 19.6 Å². The Bertz CT molecular complexity index is 674. The number of hydrogen-bond donors (Lipinski definition) is 1. The second-order valence-corrected chi connectivity index (χ2v) is 8.05. The predicted octanol–water partition coefficient (Wildman–Crippen LogP) is 1.62. The first kappa shape index (κ1) is 16.5. The summed E-state index contributed by atoms with van der Waals surface area (Å²) in [4.78, 5) is 10.9. The lowest BCUT2D eigenvalue weighted by molar-refractivity contribution is -0.150.